The second kappa shape index (κ2) is 17.1. The number of hydrogen-bond acceptors (Lipinski definition) is 13. The molecule has 6 atom stereocenters. The molecule has 0 unspecified atom stereocenters. The monoisotopic (exact) mass is 624 g/mol. The summed E-state index contributed by atoms with van der Waals surface area (Å²) in [6.07, 6.45) is -5.82. The minimum absolute atomic E-state index is 0.0623. The fourth-order valence-corrected chi connectivity index (χ4v) is 4.72. The first kappa shape index (κ1) is 35.9. The van der Waals surface area contributed by atoms with E-state index in [0.29, 0.717) is 23.2 Å². The van der Waals surface area contributed by atoms with Crippen molar-refractivity contribution in [1.82, 2.24) is 5.32 Å². The first-order valence-corrected chi connectivity index (χ1v) is 13.8. The third kappa shape index (κ3) is 10.8. The number of aryl methyl sites for hydroxylation is 1. The molecule has 1 aromatic rings. The second-order valence-electron chi connectivity index (χ2n) is 10.0. The maximum atomic E-state index is 12.7. The molecule has 1 aromatic carbocycles. The highest BCUT2D eigenvalue weighted by Gasteiger charge is 2.54. The van der Waals surface area contributed by atoms with Crippen LogP contribution in [0.4, 0.5) is 10.5 Å². The van der Waals surface area contributed by atoms with Crippen LogP contribution in [0, 0.1) is 0 Å². The van der Waals surface area contributed by atoms with Crippen LogP contribution in [0.1, 0.15) is 51.2 Å². The summed E-state index contributed by atoms with van der Waals surface area (Å²) in [6.45, 7) is 3.24. The number of aliphatic hydroxyl groups excluding tert-OH is 1. The van der Waals surface area contributed by atoms with Gasteiger partial charge in [0.15, 0.2) is 24.4 Å². The van der Waals surface area contributed by atoms with E-state index in [-0.39, 0.29) is 32.4 Å². The van der Waals surface area contributed by atoms with Crippen molar-refractivity contribution in [3.05, 3.63) is 29.3 Å². The van der Waals surface area contributed by atoms with E-state index in [9.17, 15) is 33.9 Å². The van der Waals surface area contributed by atoms with Crippen molar-refractivity contribution in [2.75, 3.05) is 19.0 Å². The lowest BCUT2D eigenvalue weighted by atomic mass is 9.90. The number of ether oxygens (including phenoxy) is 5. The number of methoxy groups -OCH3 is 1. The van der Waals surface area contributed by atoms with Crippen molar-refractivity contribution in [3.8, 4) is 0 Å². The van der Waals surface area contributed by atoms with E-state index in [2.05, 4.69) is 10.6 Å². The summed E-state index contributed by atoms with van der Waals surface area (Å²) in [5, 5.41) is 15.1. The summed E-state index contributed by atoms with van der Waals surface area (Å²) in [4.78, 5) is 72.0. The molecule has 1 aliphatic rings. The predicted octanol–water partition coefficient (Wildman–Crippen LogP) is -0.439. The van der Waals surface area contributed by atoms with Crippen molar-refractivity contribution < 1.29 is 57.6 Å². The molecule has 0 radical (unpaired) electrons. The zero-order valence-electron chi connectivity index (χ0n) is 25.0. The topological polar surface area (TPSA) is 245 Å². The third-order valence-electron chi connectivity index (χ3n) is 6.64. The molecule has 2 rings (SSSR count). The Labute approximate surface area is 254 Å². The highest BCUT2D eigenvalue weighted by molar-refractivity contribution is 5.94. The lowest BCUT2D eigenvalue weighted by Crippen LogP contribution is -2.63. The molecule has 0 aromatic heterocycles. The fourth-order valence-electron chi connectivity index (χ4n) is 4.72. The molecule has 16 nitrogen and oxygen atoms in total. The lowest BCUT2D eigenvalue weighted by Gasteiger charge is -2.43. The van der Waals surface area contributed by atoms with Crippen LogP contribution in [0.15, 0.2) is 18.2 Å². The number of carbonyl (C=O) groups is 6. The number of urea groups is 1. The number of primary amides is 1. The molecule has 0 aliphatic carbocycles. The number of nitrogens with two attached hydrogens (primary N) is 2. The largest absolute Gasteiger partial charge is 0.467 e. The SMILES string of the molecule is COC(=O)[C@H]1O[C@@H](CCc2cc(NC(=O)[C@@H](N)CCCNC(N)=O)ccc2CO)[C@H](OC(C)=O)[C@@H](OC(C)=O)[C@@H]1OC(C)=O. The average Bonchev–Trinajstić information content (AvgIpc) is 2.95. The zero-order valence-corrected chi connectivity index (χ0v) is 25.0. The first-order valence-electron chi connectivity index (χ1n) is 13.8. The Balaban J connectivity index is 2.30. The number of anilines is 1. The quantitative estimate of drug-likeness (QED) is 0.100. The molecule has 1 aliphatic heterocycles. The molecule has 1 heterocycles. The molecule has 244 valence electrons. The standard InChI is InChI=1S/C28H40N4O12/c1-14(34)41-22-21(44-25(27(38)40-4)24(43-16(3)36)23(22)42-15(2)35)10-8-17-12-19(9-7-18(17)13-33)32-26(37)20(29)6-5-11-31-28(30)39/h7,9,12,20-25,33H,5-6,8,10-11,13,29H2,1-4H3,(H,32,37)(H3,30,31,39)/t20-,21-,22-,23+,24-,25-/m0/s1. The van der Waals surface area contributed by atoms with E-state index < -0.39 is 72.4 Å². The number of carbonyl (C=O) groups excluding carboxylic acids is 6. The molecule has 7 N–H and O–H groups in total. The predicted molar refractivity (Wildman–Crippen MR) is 151 cm³/mol. The maximum absolute atomic E-state index is 12.7. The van der Waals surface area contributed by atoms with E-state index >= 15 is 0 Å². The fraction of sp³-hybridized carbons (Fsp3) is 0.571. The van der Waals surface area contributed by atoms with E-state index in [1.54, 1.807) is 18.2 Å². The Kier molecular flexibility index (Phi) is 14.0. The zero-order chi connectivity index (χ0) is 33.0. The molecule has 1 fully saturated rings. The van der Waals surface area contributed by atoms with Crippen LogP contribution in [0.25, 0.3) is 0 Å². The number of hydrogen-bond donors (Lipinski definition) is 5. The van der Waals surface area contributed by atoms with Gasteiger partial charge in [-0.25, -0.2) is 9.59 Å². The van der Waals surface area contributed by atoms with Gasteiger partial charge in [-0.15, -0.1) is 0 Å². The first-order chi connectivity index (χ1) is 20.8. The number of esters is 4. The minimum atomic E-state index is -1.52. The smallest absolute Gasteiger partial charge is 0.339 e. The number of benzene rings is 1. The van der Waals surface area contributed by atoms with Gasteiger partial charge in [-0.3, -0.25) is 19.2 Å². The summed E-state index contributed by atoms with van der Waals surface area (Å²) in [6, 6.07) is 3.26. The van der Waals surface area contributed by atoms with Crippen molar-refractivity contribution >= 4 is 41.5 Å². The number of rotatable bonds is 14. The van der Waals surface area contributed by atoms with Crippen molar-refractivity contribution in [2.24, 2.45) is 11.5 Å². The van der Waals surface area contributed by atoms with E-state index in [0.717, 1.165) is 27.9 Å². The van der Waals surface area contributed by atoms with Gasteiger partial charge >= 0.3 is 29.9 Å². The van der Waals surface area contributed by atoms with Gasteiger partial charge in [-0.2, -0.15) is 0 Å². The van der Waals surface area contributed by atoms with Crippen LogP contribution in [0.3, 0.4) is 0 Å². The van der Waals surface area contributed by atoms with Gasteiger partial charge in [0, 0.05) is 33.0 Å². The average molecular weight is 625 g/mol. The van der Waals surface area contributed by atoms with Crippen LogP contribution >= 0.6 is 0 Å². The Morgan fingerprint density at radius 2 is 1.57 bits per heavy atom. The van der Waals surface area contributed by atoms with Crippen molar-refractivity contribution in [3.63, 3.8) is 0 Å². The number of amides is 3. The molecule has 0 bridgehead atoms. The summed E-state index contributed by atoms with van der Waals surface area (Å²) < 4.78 is 26.9. The van der Waals surface area contributed by atoms with Gasteiger partial charge in [0.25, 0.3) is 0 Å². The Morgan fingerprint density at radius 3 is 2.14 bits per heavy atom. The highest BCUT2D eigenvalue weighted by atomic mass is 16.7. The molecular weight excluding hydrogens is 584 g/mol. The van der Waals surface area contributed by atoms with Crippen LogP contribution in [-0.4, -0.2) is 91.1 Å². The van der Waals surface area contributed by atoms with E-state index in [4.69, 9.17) is 35.2 Å². The van der Waals surface area contributed by atoms with E-state index in [1.165, 1.54) is 0 Å². The maximum Gasteiger partial charge on any atom is 0.339 e. The summed E-state index contributed by atoms with van der Waals surface area (Å²) in [7, 11) is 1.10. The Morgan fingerprint density at radius 1 is 0.955 bits per heavy atom. The molecule has 1 saturated heterocycles. The Hall–Kier alpha value is -4.28. The minimum Gasteiger partial charge on any atom is -0.467 e. The van der Waals surface area contributed by atoms with Gasteiger partial charge in [-0.05, 0) is 48.9 Å². The van der Waals surface area contributed by atoms with E-state index in [1.807, 2.05) is 0 Å². The molecular formula is C28H40N4O12. The Bertz CT molecular complexity index is 1210. The highest BCUT2D eigenvalue weighted by Crippen LogP contribution is 2.32. The molecule has 44 heavy (non-hydrogen) atoms. The second-order valence-corrected chi connectivity index (χ2v) is 10.0. The summed E-state index contributed by atoms with van der Waals surface area (Å²) in [5.41, 5.74) is 12.5. The third-order valence-corrected chi connectivity index (χ3v) is 6.64. The lowest BCUT2D eigenvalue weighted by molar-refractivity contribution is -0.249. The van der Waals surface area contributed by atoms with Crippen LogP contribution in [-0.2, 0) is 60.7 Å². The van der Waals surface area contributed by atoms with Gasteiger partial charge in [0.2, 0.25) is 5.91 Å². The van der Waals surface area contributed by atoms with Crippen LogP contribution < -0.4 is 22.1 Å². The van der Waals surface area contributed by atoms with Gasteiger partial charge in [0.1, 0.15) is 0 Å². The van der Waals surface area contributed by atoms with Gasteiger partial charge < -0.3 is 50.9 Å². The molecule has 16 heteroatoms. The molecule has 3 amide bonds. The van der Waals surface area contributed by atoms with Gasteiger partial charge in [0.05, 0.1) is 25.9 Å². The normalized spacial score (nSPS) is 21.7. The molecule has 0 spiro atoms. The summed E-state index contributed by atoms with van der Waals surface area (Å²) >= 11 is 0. The van der Waals surface area contributed by atoms with Crippen LogP contribution in [0.5, 0.6) is 0 Å². The molecule has 0 saturated carbocycles. The number of aliphatic hydroxyl groups is 1. The van der Waals surface area contributed by atoms with Crippen molar-refractivity contribution in [1.29, 1.82) is 0 Å². The van der Waals surface area contributed by atoms with Crippen molar-refractivity contribution in [2.45, 2.75) is 89.6 Å². The summed E-state index contributed by atoms with van der Waals surface area (Å²) in [5.74, 6) is -3.73. The van der Waals surface area contributed by atoms with Crippen LogP contribution in [0.2, 0.25) is 0 Å². The van der Waals surface area contributed by atoms with Gasteiger partial charge in [-0.1, -0.05) is 6.07 Å². The number of nitrogens with one attached hydrogen (secondary N) is 2.